The molecule has 0 unspecified atom stereocenters. The van der Waals surface area contributed by atoms with Crippen LogP contribution in [0.15, 0.2) is 5.38 Å². The molecule has 4 heteroatoms. The van der Waals surface area contributed by atoms with Gasteiger partial charge < -0.3 is 5.32 Å². The van der Waals surface area contributed by atoms with E-state index >= 15 is 0 Å². The van der Waals surface area contributed by atoms with Crippen LogP contribution in [-0.4, -0.2) is 10.9 Å². The van der Waals surface area contributed by atoms with Crippen LogP contribution in [0.2, 0.25) is 0 Å². The molecule has 1 heterocycles. The Morgan fingerprint density at radius 1 is 1.53 bits per heavy atom. The second kappa shape index (κ2) is 5.63. The number of aromatic nitrogens is 1. The fraction of sp³-hybridized carbons (Fsp3) is 0.692. The van der Waals surface area contributed by atoms with Crippen LogP contribution in [0.1, 0.15) is 57.6 Å². The maximum absolute atomic E-state index is 11.8. The van der Waals surface area contributed by atoms with Crippen molar-refractivity contribution < 1.29 is 4.79 Å². The van der Waals surface area contributed by atoms with E-state index in [2.05, 4.69) is 24.1 Å². The van der Waals surface area contributed by atoms with Crippen molar-refractivity contribution in [1.29, 1.82) is 0 Å². The molecule has 2 rings (SSSR count). The van der Waals surface area contributed by atoms with E-state index in [1.54, 1.807) is 0 Å². The highest BCUT2D eigenvalue weighted by Gasteiger charge is 2.19. The molecule has 1 aromatic heterocycles. The third-order valence-electron chi connectivity index (χ3n) is 3.31. The summed E-state index contributed by atoms with van der Waals surface area (Å²) in [6.07, 6.45) is 5.65. The Bertz CT molecular complexity index is 381. The van der Waals surface area contributed by atoms with Gasteiger partial charge in [-0.25, -0.2) is 4.98 Å². The molecule has 1 aliphatic rings. The molecule has 1 aromatic rings. The van der Waals surface area contributed by atoms with Gasteiger partial charge in [0.1, 0.15) is 0 Å². The van der Waals surface area contributed by atoms with Crippen molar-refractivity contribution in [2.24, 2.45) is 5.92 Å². The van der Waals surface area contributed by atoms with Crippen LogP contribution in [0, 0.1) is 5.92 Å². The van der Waals surface area contributed by atoms with Gasteiger partial charge in [-0.3, -0.25) is 4.79 Å². The summed E-state index contributed by atoms with van der Waals surface area (Å²) in [5.41, 5.74) is 1.06. The number of carbonyl (C=O) groups excluding carboxylic acids is 1. The Balaban J connectivity index is 1.84. The Hall–Kier alpha value is -0.900. The van der Waals surface area contributed by atoms with Gasteiger partial charge in [-0.15, -0.1) is 11.3 Å². The lowest BCUT2D eigenvalue weighted by molar-refractivity contribution is -0.117. The molecule has 17 heavy (non-hydrogen) atoms. The zero-order valence-corrected chi connectivity index (χ0v) is 11.3. The Labute approximate surface area is 107 Å². The molecule has 1 saturated carbocycles. The number of hydrogen-bond donors (Lipinski definition) is 1. The molecule has 0 saturated heterocycles. The molecule has 1 fully saturated rings. The van der Waals surface area contributed by atoms with Gasteiger partial charge in [-0.1, -0.05) is 26.7 Å². The highest BCUT2D eigenvalue weighted by Crippen LogP contribution is 2.28. The van der Waals surface area contributed by atoms with Crippen molar-refractivity contribution in [3.63, 3.8) is 0 Å². The Morgan fingerprint density at radius 2 is 2.24 bits per heavy atom. The minimum Gasteiger partial charge on any atom is -0.302 e. The number of hydrogen-bond acceptors (Lipinski definition) is 3. The minimum absolute atomic E-state index is 0.126. The molecule has 0 bridgehead atoms. The van der Waals surface area contributed by atoms with Crippen LogP contribution in [0.5, 0.6) is 0 Å². The molecular weight excluding hydrogens is 232 g/mol. The molecule has 1 amide bonds. The highest BCUT2D eigenvalue weighted by atomic mass is 32.1. The predicted octanol–water partition coefficient (Wildman–Crippen LogP) is 3.79. The first-order chi connectivity index (χ1) is 8.15. The summed E-state index contributed by atoms with van der Waals surface area (Å²) in [4.78, 5) is 16.2. The lowest BCUT2D eigenvalue weighted by Crippen LogP contribution is -2.15. The quantitative estimate of drug-likeness (QED) is 0.886. The van der Waals surface area contributed by atoms with Crippen molar-refractivity contribution in [2.75, 3.05) is 5.32 Å². The lowest BCUT2D eigenvalue weighted by atomic mass is 10.0. The fourth-order valence-electron chi connectivity index (χ4n) is 2.26. The first-order valence-electron chi connectivity index (χ1n) is 6.40. The first kappa shape index (κ1) is 12.6. The highest BCUT2D eigenvalue weighted by molar-refractivity contribution is 7.13. The van der Waals surface area contributed by atoms with Crippen molar-refractivity contribution in [3.8, 4) is 0 Å². The summed E-state index contributed by atoms with van der Waals surface area (Å²) >= 11 is 1.52. The molecule has 0 spiro atoms. The van der Waals surface area contributed by atoms with Crippen LogP contribution in [-0.2, 0) is 4.79 Å². The van der Waals surface area contributed by atoms with E-state index < -0.39 is 0 Å². The van der Waals surface area contributed by atoms with E-state index in [1.807, 2.05) is 5.38 Å². The second-order valence-electron chi connectivity index (χ2n) is 5.14. The summed E-state index contributed by atoms with van der Waals surface area (Å²) in [5.74, 6) is 1.15. The van der Waals surface area contributed by atoms with Crippen LogP contribution >= 0.6 is 11.3 Å². The van der Waals surface area contributed by atoms with E-state index in [0.717, 1.165) is 10.8 Å². The van der Waals surface area contributed by atoms with Crippen LogP contribution in [0.25, 0.3) is 0 Å². The van der Waals surface area contributed by atoms with Gasteiger partial charge in [0.05, 0.1) is 5.69 Å². The summed E-state index contributed by atoms with van der Waals surface area (Å²) in [5, 5.41) is 5.68. The zero-order chi connectivity index (χ0) is 12.3. The van der Waals surface area contributed by atoms with Crippen LogP contribution in [0.4, 0.5) is 5.13 Å². The van der Waals surface area contributed by atoms with Crippen molar-refractivity contribution in [2.45, 2.75) is 51.9 Å². The van der Waals surface area contributed by atoms with Crippen LogP contribution < -0.4 is 5.32 Å². The van der Waals surface area contributed by atoms with Gasteiger partial charge >= 0.3 is 0 Å². The normalized spacial score (nSPS) is 16.6. The summed E-state index contributed by atoms with van der Waals surface area (Å²) in [7, 11) is 0. The molecule has 94 valence electrons. The number of rotatable bonds is 4. The van der Waals surface area contributed by atoms with Gasteiger partial charge in [0, 0.05) is 11.8 Å². The summed E-state index contributed by atoms with van der Waals surface area (Å²) in [6, 6.07) is 0. The summed E-state index contributed by atoms with van der Waals surface area (Å²) in [6.45, 7) is 4.22. The molecule has 3 nitrogen and oxygen atoms in total. The van der Waals surface area contributed by atoms with Gasteiger partial charge in [0.15, 0.2) is 5.13 Å². The average Bonchev–Trinajstić information content (AvgIpc) is 2.88. The minimum atomic E-state index is 0.126. The van der Waals surface area contributed by atoms with E-state index in [-0.39, 0.29) is 5.91 Å². The standard InChI is InChI=1S/C13H20N2OS/c1-9(2)11-8-17-13(14-11)15-12(16)7-10-5-3-4-6-10/h8-10H,3-7H2,1-2H3,(H,14,15,16). The average molecular weight is 252 g/mol. The number of thiazole rings is 1. The lowest BCUT2D eigenvalue weighted by Gasteiger charge is -2.07. The van der Waals surface area contributed by atoms with Crippen LogP contribution in [0.3, 0.4) is 0 Å². The number of anilines is 1. The third-order valence-corrected chi connectivity index (χ3v) is 4.08. The van der Waals surface area contributed by atoms with Gasteiger partial charge in [0.25, 0.3) is 0 Å². The Kier molecular flexibility index (Phi) is 4.15. The predicted molar refractivity (Wildman–Crippen MR) is 71.4 cm³/mol. The molecule has 1 N–H and O–H groups in total. The molecular formula is C13H20N2OS. The maximum atomic E-state index is 11.8. The van der Waals surface area contributed by atoms with Crippen molar-refractivity contribution in [3.05, 3.63) is 11.1 Å². The number of carbonyl (C=O) groups is 1. The van der Waals surface area contributed by atoms with Crippen molar-refractivity contribution >= 4 is 22.4 Å². The summed E-state index contributed by atoms with van der Waals surface area (Å²) < 4.78 is 0. The van der Waals surface area contributed by atoms with E-state index in [0.29, 0.717) is 18.3 Å². The number of nitrogens with one attached hydrogen (secondary N) is 1. The third kappa shape index (κ3) is 3.53. The second-order valence-corrected chi connectivity index (χ2v) is 5.99. The maximum Gasteiger partial charge on any atom is 0.226 e. The molecule has 0 atom stereocenters. The first-order valence-corrected chi connectivity index (χ1v) is 7.28. The smallest absolute Gasteiger partial charge is 0.226 e. The van der Waals surface area contributed by atoms with E-state index in [9.17, 15) is 4.79 Å². The number of amides is 1. The van der Waals surface area contributed by atoms with Gasteiger partial charge in [0.2, 0.25) is 5.91 Å². The largest absolute Gasteiger partial charge is 0.302 e. The topological polar surface area (TPSA) is 42.0 Å². The molecule has 0 aromatic carbocycles. The molecule has 0 aliphatic heterocycles. The molecule has 0 radical (unpaired) electrons. The number of nitrogens with zero attached hydrogens (tertiary/aromatic N) is 1. The van der Waals surface area contributed by atoms with E-state index in [1.165, 1.54) is 37.0 Å². The SMILES string of the molecule is CC(C)c1csc(NC(=O)CC2CCCC2)n1. The monoisotopic (exact) mass is 252 g/mol. The van der Waals surface area contributed by atoms with E-state index in [4.69, 9.17) is 0 Å². The van der Waals surface area contributed by atoms with Gasteiger partial charge in [-0.05, 0) is 24.7 Å². The fourth-order valence-corrected chi connectivity index (χ4v) is 3.14. The van der Waals surface area contributed by atoms with Crippen molar-refractivity contribution in [1.82, 2.24) is 4.98 Å². The van der Waals surface area contributed by atoms with Gasteiger partial charge in [-0.2, -0.15) is 0 Å². The Morgan fingerprint density at radius 3 is 2.82 bits per heavy atom. The molecule has 1 aliphatic carbocycles. The zero-order valence-electron chi connectivity index (χ0n) is 10.5.